The van der Waals surface area contributed by atoms with Crippen LogP contribution in [0.1, 0.15) is 35.7 Å². The van der Waals surface area contributed by atoms with E-state index in [0.717, 1.165) is 5.56 Å². The first-order valence-corrected chi connectivity index (χ1v) is 10.4. The van der Waals surface area contributed by atoms with E-state index in [1.807, 2.05) is 24.8 Å². The fourth-order valence-corrected chi connectivity index (χ4v) is 4.10. The van der Waals surface area contributed by atoms with Gasteiger partial charge in [-0.05, 0) is 62.9 Å². The maximum atomic E-state index is 12.6. The van der Waals surface area contributed by atoms with E-state index in [0.29, 0.717) is 42.3 Å². The number of amides is 3. The van der Waals surface area contributed by atoms with Gasteiger partial charge in [0.2, 0.25) is 11.8 Å². The number of aryl methyl sites for hydroxylation is 1. The molecule has 0 spiro atoms. The van der Waals surface area contributed by atoms with Gasteiger partial charge in [-0.2, -0.15) is 0 Å². The number of rotatable bonds is 6. The SMILES string of the molecule is Cc1ccc(NC(=O)C2CCN(C(C)C(=O)Nc3sccc3C(N)=O)CC2)nc1. The smallest absolute Gasteiger partial charge is 0.251 e. The molecule has 8 nitrogen and oxygen atoms in total. The number of likely N-dealkylation sites (tertiary alicyclic amines) is 1. The number of nitrogens with two attached hydrogens (primary N) is 1. The first kappa shape index (κ1) is 20.9. The fraction of sp³-hybridized carbons (Fsp3) is 0.400. The Kier molecular flexibility index (Phi) is 6.60. The van der Waals surface area contributed by atoms with Crippen molar-refractivity contribution in [3.05, 3.63) is 40.9 Å². The maximum Gasteiger partial charge on any atom is 0.251 e. The van der Waals surface area contributed by atoms with Gasteiger partial charge in [0.05, 0.1) is 11.6 Å². The van der Waals surface area contributed by atoms with Gasteiger partial charge in [0.25, 0.3) is 5.91 Å². The van der Waals surface area contributed by atoms with E-state index in [2.05, 4.69) is 15.6 Å². The van der Waals surface area contributed by atoms with E-state index in [-0.39, 0.29) is 23.8 Å². The van der Waals surface area contributed by atoms with Crippen molar-refractivity contribution in [1.29, 1.82) is 0 Å². The van der Waals surface area contributed by atoms with Crippen LogP contribution in [-0.2, 0) is 9.59 Å². The van der Waals surface area contributed by atoms with E-state index >= 15 is 0 Å². The molecule has 1 fully saturated rings. The highest BCUT2D eigenvalue weighted by atomic mass is 32.1. The van der Waals surface area contributed by atoms with Gasteiger partial charge in [0, 0.05) is 12.1 Å². The number of carbonyl (C=O) groups excluding carboxylic acids is 3. The lowest BCUT2D eigenvalue weighted by molar-refractivity contribution is -0.123. The van der Waals surface area contributed by atoms with Crippen LogP contribution in [0.2, 0.25) is 0 Å². The summed E-state index contributed by atoms with van der Waals surface area (Å²) in [6.07, 6.45) is 3.05. The Balaban J connectivity index is 1.50. The number of nitrogens with one attached hydrogen (secondary N) is 2. The highest BCUT2D eigenvalue weighted by Gasteiger charge is 2.30. The van der Waals surface area contributed by atoms with Crippen LogP contribution in [-0.4, -0.2) is 46.7 Å². The quantitative estimate of drug-likeness (QED) is 0.669. The zero-order valence-electron chi connectivity index (χ0n) is 16.5. The number of pyridine rings is 1. The van der Waals surface area contributed by atoms with Crippen LogP contribution >= 0.6 is 11.3 Å². The molecule has 3 heterocycles. The van der Waals surface area contributed by atoms with Crippen molar-refractivity contribution >= 4 is 39.9 Å². The van der Waals surface area contributed by atoms with Crippen LogP contribution in [0.4, 0.5) is 10.8 Å². The Morgan fingerprint density at radius 2 is 1.93 bits per heavy atom. The number of carbonyl (C=O) groups is 3. The van der Waals surface area contributed by atoms with Crippen LogP contribution in [0.3, 0.4) is 0 Å². The second-order valence-corrected chi connectivity index (χ2v) is 8.13. The predicted octanol–water partition coefficient (Wildman–Crippen LogP) is 2.23. The molecule has 29 heavy (non-hydrogen) atoms. The van der Waals surface area contributed by atoms with Crippen molar-refractivity contribution in [2.24, 2.45) is 11.7 Å². The third-order valence-corrected chi connectivity index (χ3v) is 5.99. The molecule has 1 aliphatic rings. The summed E-state index contributed by atoms with van der Waals surface area (Å²) in [5.74, 6) is -0.353. The number of anilines is 2. The lowest BCUT2D eigenvalue weighted by Crippen LogP contribution is -2.47. The number of hydrogen-bond acceptors (Lipinski definition) is 6. The molecule has 1 atom stereocenters. The van der Waals surface area contributed by atoms with Crippen molar-refractivity contribution in [3.63, 3.8) is 0 Å². The number of primary amides is 1. The summed E-state index contributed by atoms with van der Waals surface area (Å²) < 4.78 is 0. The van der Waals surface area contributed by atoms with Crippen molar-refractivity contribution in [2.75, 3.05) is 23.7 Å². The number of piperidine rings is 1. The molecule has 0 radical (unpaired) electrons. The summed E-state index contributed by atoms with van der Waals surface area (Å²) >= 11 is 1.27. The standard InChI is InChI=1S/C20H25N5O3S/c1-12-3-4-16(22-11-12)23-19(28)14-5-8-25(9-6-14)13(2)18(27)24-20-15(17(21)26)7-10-29-20/h3-4,7,10-11,13-14H,5-6,8-9H2,1-2H3,(H2,21,26)(H,24,27)(H,22,23,28). The second kappa shape index (κ2) is 9.15. The minimum atomic E-state index is -0.566. The molecular formula is C20H25N5O3S. The Bertz CT molecular complexity index is 888. The molecule has 0 aromatic carbocycles. The Labute approximate surface area is 173 Å². The molecule has 2 aromatic heterocycles. The minimum absolute atomic E-state index is 0.0391. The summed E-state index contributed by atoms with van der Waals surface area (Å²) in [5.41, 5.74) is 6.68. The molecule has 0 saturated carbocycles. The molecule has 1 aliphatic heterocycles. The lowest BCUT2D eigenvalue weighted by Gasteiger charge is -2.34. The summed E-state index contributed by atoms with van der Waals surface area (Å²) in [7, 11) is 0. The average molecular weight is 416 g/mol. The molecule has 1 saturated heterocycles. The van der Waals surface area contributed by atoms with E-state index in [1.165, 1.54) is 11.3 Å². The lowest BCUT2D eigenvalue weighted by atomic mass is 9.95. The summed E-state index contributed by atoms with van der Waals surface area (Å²) in [4.78, 5) is 42.7. The van der Waals surface area contributed by atoms with Gasteiger partial charge < -0.3 is 16.4 Å². The number of thiophene rings is 1. The highest BCUT2D eigenvalue weighted by Crippen LogP contribution is 2.25. The fourth-order valence-electron chi connectivity index (χ4n) is 3.30. The van der Waals surface area contributed by atoms with E-state index < -0.39 is 5.91 Å². The first-order valence-electron chi connectivity index (χ1n) is 9.51. The normalized spacial score (nSPS) is 16.2. The van der Waals surface area contributed by atoms with Crippen molar-refractivity contribution in [3.8, 4) is 0 Å². The van der Waals surface area contributed by atoms with Crippen molar-refractivity contribution in [1.82, 2.24) is 9.88 Å². The molecular weight excluding hydrogens is 390 g/mol. The van der Waals surface area contributed by atoms with Gasteiger partial charge in [0.15, 0.2) is 0 Å². The molecule has 1 unspecified atom stereocenters. The van der Waals surface area contributed by atoms with E-state index in [4.69, 9.17) is 5.73 Å². The third-order valence-electron chi connectivity index (χ3n) is 5.16. The van der Waals surface area contributed by atoms with Crippen molar-refractivity contribution < 1.29 is 14.4 Å². The van der Waals surface area contributed by atoms with Crippen LogP contribution in [0.15, 0.2) is 29.8 Å². The summed E-state index contributed by atoms with van der Waals surface area (Å²) in [6.45, 7) is 5.05. The predicted molar refractivity (Wildman–Crippen MR) is 113 cm³/mol. The summed E-state index contributed by atoms with van der Waals surface area (Å²) in [6, 6.07) is 4.92. The van der Waals surface area contributed by atoms with Gasteiger partial charge >= 0.3 is 0 Å². The van der Waals surface area contributed by atoms with Crippen LogP contribution < -0.4 is 16.4 Å². The zero-order chi connectivity index (χ0) is 21.0. The third kappa shape index (κ3) is 5.18. The van der Waals surface area contributed by atoms with Crippen LogP contribution in [0, 0.1) is 12.8 Å². The topological polar surface area (TPSA) is 117 Å². The number of nitrogens with zero attached hydrogens (tertiary/aromatic N) is 2. The second-order valence-electron chi connectivity index (χ2n) is 7.21. The maximum absolute atomic E-state index is 12.6. The molecule has 0 bridgehead atoms. The molecule has 2 aromatic rings. The Morgan fingerprint density at radius 3 is 2.55 bits per heavy atom. The highest BCUT2D eigenvalue weighted by molar-refractivity contribution is 7.14. The first-order chi connectivity index (χ1) is 13.8. The van der Waals surface area contributed by atoms with E-state index in [1.54, 1.807) is 23.7 Å². The van der Waals surface area contributed by atoms with Gasteiger partial charge in [0.1, 0.15) is 10.8 Å². The van der Waals surface area contributed by atoms with Gasteiger partial charge in [-0.3, -0.25) is 19.3 Å². The minimum Gasteiger partial charge on any atom is -0.366 e. The molecule has 154 valence electrons. The van der Waals surface area contributed by atoms with Crippen LogP contribution in [0.25, 0.3) is 0 Å². The van der Waals surface area contributed by atoms with E-state index in [9.17, 15) is 14.4 Å². The van der Waals surface area contributed by atoms with Gasteiger partial charge in [-0.15, -0.1) is 11.3 Å². The van der Waals surface area contributed by atoms with Gasteiger partial charge in [-0.25, -0.2) is 4.98 Å². The number of aromatic nitrogens is 1. The zero-order valence-corrected chi connectivity index (χ0v) is 17.3. The number of hydrogen-bond donors (Lipinski definition) is 3. The summed E-state index contributed by atoms with van der Waals surface area (Å²) in [5, 5.41) is 7.83. The van der Waals surface area contributed by atoms with Crippen molar-refractivity contribution in [2.45, 2.75) is 32.7 Å². The monoisotopic (exact) mass is 415 g/mol. The Hall–Kier alpha value is -2.78. The largest absolute Gasteiger partial charge is 0.366 e. The molecule has 0 aliphatic carbocycles. The average Bonchev–Trinajstić information content (AvgIpc) is 3.17. The molecule has 9 heteroatoms. The Morgan fingerprint density at radius 1 is 1.21 bits per heavy atom. The molecule has 3 amide bonds. The van der Waals surface area contributed by atoms with Crippen LogP contribution in [0.5, 0.6) is 0 Å². The van der Waals surface area contributed by atoms with Gasteiger partial charge in [-0.1, -0.05) is 6.07 Å². The molecule has 4 N–H and O–H groups in total. The molecule has 3 rings (SSSR count).